The molecule has 0 spiro atoms. The number of nitrogens with zero attached hydrogens (tertiary/aromatic N) is 1. The van der Waals surface area contributed by atoms with Crippen LogP contribution < -0.4 is 0 Å². The molecule has 1 aromatic rings. The maximum absolute atomic E-state index is 2.59. The van der Waals surface area contributed by atoms with Crippen LogP contribution in [0.25, 0.3) is 0 Å². The maximum Gasteiger partial charge on any atom is 0.0547 e. The van der Waals surface area contributed by atoms with Crippen LogP contribution in [0.15, 0.2) is 30.4 Å². The first-order valence-corrected chi connectivity index (χ1v) is 5.74. The van der Waals surface area contributed by atoms with Gasteiger partial charge in [0.25, 0.3) is 0 Å². The molecule has 0 saturated carbocycles. The summed E-state index contributed by atoms with van der Waals surface area (Å²) in [5.74, 6) is 0. The molecular formula is C14H17N. The van der Waals surface area contributed by atoms with Gasteiger partial charge in [-0.05, 0) is 31.9 Å². The number of aryl methyl sites for hydroxylation is 1. The SMILES string of the molecule is Cc1ccc2c(c1)C1C=CC2N1C(C)C. The fourth-order valence-corrected chi connectivity index (χ4v) is 2.97. The summed E-state index contributed by atoms with van der Waals surface area (Å²) in [6, 6.07) is 8.55. The predicted octanol–water partition coefficient (Wildman–Crippen LogP) is 3.37. The highest BCUT2D eigenvalue weighted by atomic mass is 15.2. The summed E-state index contributed by atoms with van der Waals surface area (Å²) in [6.45, 7) is 6.74. The van der Waals surface area contributed by atoms with Gasteiger partial charge in [0, 0.05) is 6.04 Å². The van der Waals surface area contributed by atoms with E-state index in [-0.39, 0.29) is 0 Å². The van der Waals surface area contributed by atoms with Crippen LogP contribution in [0.2, 0.25) is 0 Å². The Bertz CT molecular complexity index is 431. The number of rotatable bonds is 1. The van der Waals surface area contributed by atoms with Gasteiger partial charge in [0.2, 0.25) is 0 Å². The standard InChI is InChI=1S/C14H17N/c1-9(2)15-13-6-7-14(15)12-8-10(3)4-5-11(12)13/h4-9,13-14H,1-3H3. The van der Waals surface area contributed by atoms with Crippen molar-refractivity contribution in [2.45, 2.75) is 38.9 Å². The third-order valence-electron chi connectivity index (χ3n) is 3.59. The Labute approximate surface area is 91.4 Å². The Morgan fingerprint density at radius 2 is 1.73 bits per heavy atom. The Morgan fingerprint density at radius 1 is 1.07 bits per heavy atom. The number of hydrogen-bond donors (Lipinski definition) is 0. The molecule has 2 aliphatic rings. The number of fused-ring (bicyclic) bond motifs is 5. The minimum Gasteiger partial charge on any atom is -0.280 e. The first kappa shape index (κ1) is 9.17. The normalized spacial score (nSPS) is 27.7. The van der Waals surface area contributed by atoms with Crippen molar-refractivity contribution in [3.8, 4) is 0 Å². The Balaban J connectivity index is 2.11. The van der Waals surface area contributed by atoms with Crippen LogP contribution in [0.1, 0.15) is 42.6 Å². The molecule has 78 valence electrons. The van der Waals surface area contributed by atoms with Crippen LogP contribution in [0.4, 0.5) is 0 Å². The molecular weight excluding hydrogens is 182 g/mol. The first-order chi connectivity index (χ1) is 7.18. The van der Waals surface area contributed by atoms with Crippen LogP contribution in [0, 0.1) is 6.92 Å². The molecule has 0 fully saturated rings. The molecule has 2 atom stereocenters. The van der Waals surface area contributed by atoms with Crippen LogP contribution in [-0.4, -0.2) is 10.9 Å². The van der Waals surface area contributed by atoms with Gasteiger partial charge in [0.15, 0.2) is 0 Å². The van der Waals surface area contributed by atoms with Gasteiger partial charge in [-0.3, -0.25) is 4.90 Å². The molecule has 1 aromatic carbocycles. The summed E-state index contributed by atoms with van der Waals surface area (Å²) in [5, 5.41) is 0. The molecule has 2 heterocycles. The van der Waals surface area contributed by atoms with E-state index >= 15 is 0 Å². The molecule has 1 heteroatoms. The van der Waals surface area contributed by atoms with Crippen molar-refractivity contribution < 1.29 is 0 Å². The van der Waals surface area contributed by atoms with Crippen molar-refractivity contribution >= 4 is 0 Å². The molecule has 2 bridgehead atoms. The average Bonchev–Trinajstić information content (AvgIpc) is 2.72. The molecule has 0 saturated heterocycles. The molecule has 3 rings (SSSR count). The lowest BCUT2D eigenvalue weighted by Crippen LogP contribution is -2.27. The zero-order valence-electron chi connectivity index (χ0n) is 9.57. The van der Waals surface area contributed by atoms with Gasteiger partial charge in [0.05, 0.1) is 12.1 Å². The fourth-order valence-electron chi connectivity index (χ4n) is 2.97. The van der Waals surface area contributed by atoms with Crippen LogP contribution in [0.3, 0.4) is 0 Å². The van der Waals surface area contributed by atoms with Crippen LogP contribution in [-0.2, 0) is 0 Å². The van der Waals surface area contributed by atoms with E-state index < -0.39 is 0 Å². The highest BCUT2D eigenvalue weighted by Gasteiger charge is 2.40. The molecule has 2 unspecified atom stereocenters. The van der Waals surface area contributed by atoms with Gasteiger partial charge in [0.1, 0.15) is 0 Å². The van der Waals surface area contributed by atoms with E-state index in [0.717, 1.165) is 0 Å². The molecule has 15 heavy (non-hydrogen) atoms. The van der Waals surface area contributed by atoms with Crippen molar-refractivity contribution in [3.63, 3.8) is 0 Å². The van der Waals surface area contributed by atoms with Crippen LogP contribution in [0.5, 0.6) is 0 Å². The second kappa shape index (κ2) is 2.96. The molecule has 0 aromatic heterocycles. The zero-order valence-corrected chi connectivity index (χ0v) is 9.57. The smallest absolute Gasteiger partial charge is 0.0547 e. The predicted molar refractivity (Wildman–Crippen MR) is 62.8 cm³/mol. The molecule has 1 nitrogen and oxygen atoms in total. The van der Waals surface area contributed by atoms with E-state index in [1.54, 1.807) is 0 Å². The van der Waals surface area contributed by atoms with E-state index in [2.05, 4.69) is 56.0 Å². The first-order valence-electron chi connectivity index (χ1n) is 5.74. The van der Waals surface area contributed by atoms with Crippen molar-refractivity contribution in [2.24, 2.45) is 0 Å². The summed E-state index contributed by atoms with van der Waals surface area (Å²) >= 11 is 0. The van der Waals surface area contributed by atoms with E-state index in [9.17, 15) is 0 Å². The highest BCUT2D eigenvalue weighted by molar-refractivity contribution is 5.48. The van der Waals surface area contributed by atoms with Gasteiger partial charge >= 0.3 is 0 Å². The van der Waals surface area contributed by atoms with E-state index in [1.165, 1.54) is 16.7 Å². The van der Waals surface area contributed by atoms with Crippen molar-refractivity contribution in [1.29, 1.82) is 0 Å². The number of hydrogen-bond acceptors (Lipinski definition) is 1. The molecule has 0 radical (unpaired) electrons. The topological polar surface area (TPSA) is 3.24 Å². The summed E-state index contributed by atoms with van der Waals surface area (Å²) in [5.41, 5.74) is 4.41. The van der Waals surface area contributed by atoms with Gasteiger partial charge < -0.3 is 0 Å². The largest absolute Gasteiger partial charge is 0.280 e. The summed E-state index contributed by atoms with van der Waals surface area (Å²) < 4.78 is 0. The van der Waals surface area contributed by atoms with Crippen molar-refractivity contribution in [3.05, 3.63) is 47.0 Å². The fraction of sp³-hybridized carbons (Fsp3) is 0.429. The Morgan fingerprint density at radius 3 is 2.40 bits per heavy atom. The quantitative estimate of drug-likeness (QED) is 0.627. The van der Waals surface area contributed by atoms with Gasteiger partial charge in [-0.15, -0.1) is 0 Å². The van der Waals surface area contributed by atoms with Crippen LogP contribution >= 0.6 is 0 Å². The average molecular weight is 199 g/mol. The maximum atomic E-state index is 2.59. The van der Waals surface area contributed by atoms with Gasteiger partial charge in [-0.1, -0.05) is 35.9 Å². The monoisotopic (exact) mass is 199 g/mol. The van der Waals surface area contributed by atoms with Crippen molar-refractivity contribution in [1.82, 2.24) is 4.90 Å². The minimum atomic E-state index is 0.532. The molecule has 2 aliphatic heterocycles. The Kier molecular flexibility index (Phi) is 1.81. The molecule has 0 amide bonds. The summed E-state index contributed by atoms with van der Waals surface area (Å²) in [6.07, 6.45) is 4.70. The molecule has 0 N–H and O–H groups in total. The lowest BCUT2D eigenvalue weighted by Gasteiger charge is -2.26. The Hall–Kier alpha value is -1.08. The number of benzene rings is 1. The van der Waals surface area contributed by atoms with E-state index in [4.69, 9.17) is 0 Å². The highest BCUT2D eigenvalue weighted by Crippen LogP contribution is 2.49. The second-order valence-corrected chi connectivity index (χ2v) is 4.95. The molecule has 0 aliphatic carbocycles. The minimum absolute atomic E-state index is 0.532. The third-order valence-corrected chi connectivity index (χ3v) is 3.59. The summed E-state index contributed by atoms with van der Waals surface area (Å²) in [4.78, 5) is 2.59. The van der Waals surface area contributed by atoms with Gasteiger partial charge in [-0.2, -0.15) is 0 Å². The summed E-state index contributed by atoms with van der Waals surface area (Å²) in [7, 11) is 0. The zero-order chi connectivity index (χ0) is 10.6. The lowest BCUT2D eigenvalue weighted by atomic mass is 9.95. The van der Waals surface area contributed by atoms with Crippen molar-refractivity contribution in [2.75, 3.05) is 0 Å². The van der Waals surface area contributed by atoms with E-state index in [0.29, 0.717) is 18.1 Å². The second-order valence-electron chi connectivity index (χ2n) is 4.95. The third kappa shape index (κ3) is 1.13. The van der Waals surface area contributed by atoms with Gasteiger partial charge in [-0.25, -0.2) is 0 Å². The lowest BCUT2D eigenvalue weighted by molar-refractivity contribution is 0.188. The van der Waals surface area contributed by atoms with E-state index in [1.807, 2.05) is 0 Å².